The molecule has 0 amide bonds. The van der Waals surface area contributed by atoms with Gasteiger partial charge >= 0.3 is 84.7 Å². The summed E-state index contributed by atoms with van der Waals surface area (Å²) in [6, 6.07) is 0. The van der Waals surface area contributed by atoms with E-state index in [2.05, 4.69) is 0 Å². The van der Waals surface area contributed by atoms with Crippen LogP contribution in [-0.4, -0.2) is 28.3 Å². The molecule has 0 spiro atoms. The minimum atomic E-state index is -4.62. The van der Waals surface area contributed by atoms with Crippen LogP contribution in [0.15, 0.2) is 0 Å². The summed E-state index contributed by atoms with van der Waals surface area (Å²) in [5.41, 5.74) is 1.39. The first kappa shape index (κ1) is 18.1. The van der Waals surface area contributed by atoms with Crippen LogP contribution >= 0.6 is 0 Å². The fourth-order valence-electron chi connectivity index (χ4n) is 0. The monoisotopic (exact) mass is 374 g/mol. The first-order valence-corrected chi connectivity index (χ1v) is 10.3. The summed E-state index contributed by atoms with van der Waals surface area (Å²) >= 11 is -9.25. The molecule has 11 heavy (non-hydrogen) atoms. The zero-order valence-corrected chi connectivity index (χ0v) is 11.5. The van der Waals surface area contributed by atoms with Crippen molar-refractivity contribution < 1.29 is 44.9 Å². The van der Waals surface area contributed by atoms with Gasteiger partial charge in [0.2, 0.25) is 0 Å². The Balaban J connectivity index is -0.000000107. The van der Waals surface area contributed by atoms with Crippen molar-refractivity contribution in [1.29, 1.82) is 0 Å². The maximum atomic E-state index is 9.16. The van der Waals surface area contributed by atoms with Gasteiger partial charge in [-0.2, -0.15) is 0 Å². The number of hydrogen-bond acceptors (Lipinski definition) is 6. The number of rotatable bonds is 0. The van der Waals surface area contributed by atoms with E-state index in [9.17, 15) is 0 Å². The molecule has 0 aromatic carbocycles. The van der Waals surface area contributed by atoms with E-state index in [1.807, 2.05) is 0 Å². The summed E-state index contributed by atoms with van der Waals surface area (Å²) in [5, 5.41) is 0. The third-order valence-electron chi connectivity index (χ3n) is 0. The van der Waals surface area contributed by atoms with Crippen LogP contribution in [0.2, 0.25) is 11.4 Å². The van der Waals surface area contributed by atoms with E-state index in [-0.39, 0.29) is 21.1 Å². The fourth-order valence-corrected chi connectivity index (χ4v) is 0. The third kappa shape index (κ3) is 620. The Bertz CT molecular complexity index is 131. The molecule has 0 aliphatic heterocycles. The van der Waals surface area contributed by atoms with E-state index >= 15 is 0 Å². The van der Waals surface area contributed by atoms with Gasteiger partial charge in [-0.25, -0.2) is 0 Å². The van der Waals surface area contributed by atoms with Crippen LogP contribution in [0.1, 0.15) is 0 Å². The van der Waals surface area contributed by atoms with Crippen LogP contribution in [0.25, 0.3) is 0 Å². The molecule has 0 fully saturated rings. The molecule has 0 rings (SSSR count). The van der Waals surface area contributed by atoms with Gasteiger partial charge in [-0.05, 0) is 0 Å². The smallest absolute Gasteiger partial charge is 4.00 e. The van der Waals surface area contributed by atoms with Crippen LogP contribution in [0, 0.1) is 0 Å². The van der Waals surface area contributed by atoms with Crippen molar-refractivity contribution in [2.75, 3.05) is 0 Å². The number of hydrogen-bond donors (Lipinski definition) is 0. The maximum Gasteiger partial charge on any atom is 4.00 e. The van der Waals surface area contributed by atoms with Gasteiger partial charge in [0.05, 0.1) is 0 Å². The Kier molecular flexibility index (Phi) is 11.1. The van der Waals surface area contributed by atoms with Gasteiger partial charge in [-0.1, -0.05) is 0 Å². The second kappa shape index (κ2) is 6.73. The molecule has 0 saturated heterocycles. The van der Waals surface area contributed by atoms with E-state index in [1.165, 1.54) is 0 Å². The van der Waals surface area contributed by atoms with Crippen molar-refractivity contribution >= 4 is 28.3 Å². The van der Waals surface area contributed by atoms with Gasteiger partial charge in [0.25, 0.3) is 0 Å². The van der Waals surface area contributed by atoms with Crippen molar-refractivity contribution in [2.45, 2.75) is 11.4 Å². The summed E-state index contributed by atoms with van der Waals surface area (Å²) in [6.07, 6.45) is 0. The van der Waals surface area contributed by atoms with Crippen LogP contribution in [0.3, 0.4) is 0 Å². The Labute approximate surface area is 84.3 Å². The molecule has 0 aliphatic rings. The van der Waals surface area contributed by atoms with Gasteiger partial charge in [0.1, 0.15) is 0 Å². The van der Waals surface area contributed by atoms with Gasteiger partial charge in [-0.15, -0.1) is 0 Å². The van der Waals surface area contributed by atoms with Gasteiger partial charge in [0.15, 0.2) is 0 Å². The molecule has 0 radical (unpaired) electrons. The largest absolute Gasteiger partial charge is 4.00 e. The van der Waals surface area contributed by atoms with Crippen molar-refractivity contribution in [3.05, 3.63) is 0 Å². The Morgan fingerprint density at radius 2 is 0.818 bits per heavy atom. The van der Waals surface area contributed by atoms with Crippen molar-refractivity contribution in [3.8, 4) is 0 Å². The quantitative estimate of drug-likeness (QED) is 0.394. The molecular formula is C2H6As2MoO6. The van der Waals surface area contributed by atoms with Crippen LogP contribution < -0.4 is 16.4 Å². The first-order chi connectivity index (χ1) is 4.00. The van der Waals surface area contributed by atoms with Crippen LogP contribution in [-0.2, 0) is 28.5 Å². The minimum Gasteiger partial charge on any atom is 4.00 e. The molecule has 6 nitrogen and oxygen atoms in total. The van der Waals surface area contributed by atoms with E-state index in [0.717, 1.165) is 0 Å². The average molecular weight is 372 g/mol. The molecule has 0 unspecified atom stereocenters. The molecule has 0 bridgehead atoms. The fraction of sp³-hybridized carbons (Fsp3) is 1.00. The minimum absolute atomic E-state index is 0. The third-order valence-corrected chi connectivity index (χ3v) is 0. The first-order valence-electron chi connectivity index (χ1n) is 1.99. The second-order valence-corrected chi connectivity index (χ2v) is 8.02. The zero-order chi connectivity index (χ0) is 9.00. The second-order valence-electron chi connectivity index (χ2n) is 1.54. The Morgan fingerprint density at radius 3 is 0.818 bits per heavy atom. The molecule has 0 atom stereocenters. The summed E-state index contributed by atoms with van der Waals surface area (Å²) in [4.78, 5) is 0. The summed E-state index contributed by atoms with van der Waals surface area (Å²) in [5.74, 6) is 0. The van der Waals surface area contributed by atoms with Crippen molar-refractivity contribution in [2.24, 2.45) is 0 Å². The van der Waals surface area contributed by atoms with Crippen LogP contribution in [0.5, 0.6) is 0 Å². The topological polar surface area (TPSA) is 126 Å². The standard InChI is InChI=1S/2CH5AsO3.Mo/c2*1-2(3,4)5;/h2*1H3,(H2,3,4,5);/q;;+4/p-4. The van der Waals surface area contributed by atoms with E-state index in [1.54, 1.807) is 0 Å². The van der Waals surface area contributed by atoms with Gasteiger partial charge < -0.3 is 0 Å². The molecule has 0 N–H and O–H groups in total. The molecule has 0 aromatic rings. The predicted octanol–water partition coefficient (Wildman–Crippen LogP) is -4.59. The normalized spacial score (nSPS) is 10.7. The SMILES string of the molecule is C[As](=O)([O-])[O-].C[As](=O)([O-])[O-].[Mo+4]. The molecule has 9 heteroatoms. The maximum absolute atomic E-state index is 9.16. The average Bonchev–Trinajstić information content (AvgIpc) is 1.12. The summed E-state index contributed by atoms with van der Waals surface area (Å²) in [6.45, 7) is 0. The van der Waals surface area contributed by atoms with Crippen molar-refractivity contribution in [1.82, 2.24) is 0 Å². The molecule has 66 valence electrons. The van der Waals surface area contributed by atoms with Gasteiger partial charge in [0, 0.05) is 0 Å². The van der Waals surface area contributed by atoms with E-state index in [4.69, 9.17) is 23.9 Å². The van der Waals surface area contributed by atoms with Crippen molar-refractivity contribution in [3.63, 3.8) is 0 Å². The molecule has 0 aromatic heterocycles. The summed E-state index contributed by atoms with van der Waals surface area (Å²) < 4.78 is 55.0. The molecule has 0 aliphatic carbocycles. The predicted molar refractivity (Wildman–Crippen MR) is 24.6 cm³/mol. The zero-order valence-electron chi connectivity index (χ0n) is 5.75. The Hall–Kier alpha value is 1.25. The molecular weight excluding hydrogens is 366 g/mol. The van der Waals surface area contributed by atoms with Crippen LogP contribution in [0.4, 0.5) is 0 Å². The van der Waals surface area contributed by atoms with E-state index < -0.39 is 28.3 Å². The van der Waals surface area contributed by atoms with E-state index in [0.29, 0.717) is 11.4 Å². The van der Waals surface area contributed by atoms with Gasteiger partial charge in [-0.3, -0.25) is 0 Å². The Morgan fingerprint density at radius 1 is 0.818 bits per heavy atom. The molecule has 0 saturated carbocycles. The molecule has 0 heterocycles. The summed E-state index contributed by atoms with van der Waals surface area (Å²) in [7, 11) is 0.